The van der Waals surface area contributed by atoms with E-state index in [0.29, 0.717) is 0 Å². The summed E-state index contributed by atoms with van der Waals surface area (Å²) in [6, 6.07) is 0. The maximum absolute atomic E-state index is 9.54. The third-order valence-electron chi connectivity index (χ3n) is 0.261. The van der Waals surface area contributed by atoms with Crippen LogP contribution in [0.1, 0.15) is 13.8 Å². The molecule has 0 amide bonds. The fraction of sp³-hybridized carbons (Fsp3) is 1.00. The summed E-state index contributed by atoms with van der Waals surface area (Å²) in [5.41, 5.74) is 0. The summed E-state index contributed by atoms with van der Waals surface area (Å²) in [7, 11) is 0. The molecule has 0 aliphatic carbocycles. The molecule has 1 N–H and O–H groups in total. The first kappa shape index (κ1) is 7.07. The topological polar surface area (TPSA) is 46.5 Å². The van der Waals surface area contributed by atoms with E-state index in [-0.39, 0.29) is 0 Å². The summed E-state index contributed by atoms with van der Waals surface area (Å²) in [6.07, 6.45) is 0. The van der Waals surface area contributed by atoms with Crippen LogP contribution in [0.25, 0.3) is 0 Å². The molecule has 0 radical (unpaired) electrons. The van der Waals surface area contributed by atoms with Gasteiger partial charge in [-0.15, -0.1) is 0 Å². The smallest absolute Gasteiger partial charge is 0.175 e. The van der Waals surface area contributed by atoms with Crippen LogP contribution in [0.2, 0.25) is 0 Å². The molecule has 0 unspecified atom stereocenters. The van der Waals surface area contributed by atoms with Crippen LogP contribution in [0.5, 0.6) is 0 Å². The molecule has 0 aromatic carbocycles. The standard InChI is InChI=1S/C3H8O3S/c1-3(2,4)6-7-5/h4,7H,1-2H3. The molecule has 3 nitrogen and oxygen atoms in total. The van der Waals surface area contributed by atoms with Gasteiger partial charge in [-0.05, 0) is 13.8 Å². The van der Waals surface area contributed by atoms with Crippen molar-refractivity contribution in [1.29, 1.82) is 0 Å². The first-order valence-electron chi connectivity index (χ1n) is 1.79. The van der Waals surface area contributed by atoms with Gasteiger partial charge in [0.2, 0.25) is 0 Å². The minimum Gasteiger partial charge on any atom is -0.365 e. The average Bonchev–Trinajstić information content (AvgIpc) is 1.30. The van der Waals surface area contributed by atoms with E-state index >= 15 is 0 Å². The molecule has 0 heterocycles. The van der Waals surface area contributed by atoms with E-state index in [1.807, 2.05) is 0 Å². The molecule has 0 rings (SSSR count). The Kier molecular flexibility index (Phi) is 2.42. The zero-order valence-electron chi connectivity index (χ0n) is 4.21. The van der Waals surface area contributed by atoms with Crippen molar-refractivity contribution in [2.75, 3.05) is 0 Å². The lowest BCUT2D eigenvalue weighted by Gasteiger charge is -2.10. The second-order valence-corrected chi connectivity index (χ2v) is 1.94. The zero-order chi connectivity index (χ0) is 5.91. The minimum absolute atomic E-state index is 0.491. The lowest BCUT2D eigenvalue weighted by Crippen LogP contribution is -2.20. The molecule has 0 bridgehead atoms. The predicted molar refractivity (Wildman–Crippen MR) is 26.9 cm³/mol. The molecule has 44 valence electrons. The molecular weight excluding hydrogens is 116 g/mol. The van der Waals surface area contributed by atoms with Gasteiger partial charge in [0.1, 0.15) is 11.9 Å². The van der Waals surface area contributed by atoms with Crippen LogP contribution in [-0.2, 0) is 16.1 Å². The number of thiol groups is 1. The normalized spacial score (nSPS) is 11.9. The van der Waals surface area contributed by atoms with Gasteiger partial charge in [-0.1, -0.05) is 0 Å². The maximum Gasteiger partial charge on any atom is 0.175 e. The van der Waals surface area contributed by atoms with Crippen molar-refractivity contribution >= 4 is 11.9 Å². The maximum atomic E-state index is 9.54. The van der Waals surface area contributed by atoms with Crippen LogP contribution in [0, 0.1) is 0 Å². The Morgan fingerprint density at radius 2 is 2.14 bits per heavy atom. The van der Waals surface area contributed by atoms with Gasteiger partial charge in [-0.25, -0.2) is 4.21 Å². The first-order valence-corrected chi connectivity index (χ1v) is 2.52. The Balaban J connectivity index is 3.34. The molecule has 0 aliphatic heterocycles. The van der Waals surface area contributed by atoms with Gasteiger partial charge < -0.3 is 5.11 Å². The van der Waals surface area contributed by atoms with Crippen LogP contribution in [0.3, 0.4) is 0 Å². The molecule has 0 aromatic heterocycles. The third-order valence-corrected chi connectivity index (χ3v) is 0.782. The van der Waals surface area contributed by atoms with Crippen LogP contribution in [0.15, 0.2) is 0 Å². The largest absolute Gasteiger partial charge is 0.365 e. The van der Waals surface area contributed by atoms with E-state index in [0.717, 1.165) is 0 Å². The summed E-state index contributed by atoms with van der Waals surface area (Å²) in [5.74, 6) is -1.27. The van der Waals surface area contributed by atoms with Crippen molar-refractivity contribution in [3.63, 3.8) is 0 Å². The summed E-state index contributed by atoms with van der Waals surface area (Å²) in [5, 5.41) is 8.59. The van der Waals surface area contributed by atoms with E-state index in [2.05, 4.69) is 4.18 Å². The summed E-state index contributed by atoms with van der Waals surface area (Å²) < 4.78 is 13.7. The van der Waals surface area contributed by atoms with Gasteiger partial charge in [-0.3, -0.25) is 4.18 Å². The van der Waals surface area contributed by atoms with Gasteiger partial charge in [-0.2, -0.15) is 0 Å². The second kappa shape index (κ2) is 2.40. The number of hydrogen-bond acceptors (Lipinski definition) is 3. The molecule has 7 heavy (non-hydrogen) atoms. The molecule has 0 spiro atoms. The van der Waals surface area contributed by atoms with Crippen molar-refractivity contribution in [2.24, 2.45) is 0 Å². The molecule has 0 aromatic rings. The van der Waals surface area contributed by atoms with Crippen LogP contribution in [-0.4, -0.2) is 15.1 Å². The van der Waals surface area contributed by atoms with E-state index < -0.39 is 17.7 Å². The lowest BCUT2D eigenvalue weighted by molar-refractivity contribution is -0.0929. The highest BCUT2D eigenvalue weighted by molar-refractivity contribution is 7.60. The van der Waals surface area contributed by atoms with Crippen molar-refractivity contribution < 1.29 is 13.5 Å². The molecule has 4 heteroatoms. The monoisotopic (exact) mass is 124 g/mol. The predicted octanol–water partition coefficient (Wildman–Crippen LogP) is -0.408. The Morgan fingerprint density at radius 1 is 1.71 bits per heavy atom. The quantitative estimate of drug-likeness (QED) is 0.388. The number of hydrogen-bond donors (Lipinski definition) is 2. The average molecular weight is 124 g/mol. The van der Waals surface area contributed by atoms with Crippen LogP contribution >= 0.6 is 0 Å². The molecule has 0 saturated heterocycles. The van der Waals surface area contributed by atoms with E-state index in [9.17, 15) is 4.21 Å². The van der Waals surface area contributed by atoms with Crippen molar-refractivity contribution in [3.05, 3.63) is 0 Å². The van der Waals surface area contributed by atoms with Gasteiger partial charge in [0.25, 0.3) is 0 Å². The highest BCUT2D eigenvalue weighted by Crippen LogP contribution is 1.99. The summed E-state index contributed by atoms with van der Waals surface area (Å²) in [6.45, 7) is 2.80. The lowest BCUT2D eigenvalue weighted by atomic mass is 10.4. The van der Waals surface area contributed by atoms with E-state index in [4.69, 9.17) is 5.11 Å². The van der Waals surface area contributed by atoms with Crippen molar-refractivity contribution in [3.8, 4) is 0 Å². The van der Waals surface area contributed by atoms with E-state index in [1.165, 1.54) is 13.8 Å². The number of aliphatic hydroxyl groups is 1. The fourth-order valence-electron chi connectivity index (χ4n) is 0.0912. The van der Waals surface area contributed by atoms with Gasteiger partial charge in [0.05, 0.1) is 0 Å². The number of rotatable bonds is 2. The molecule has 0 saturated carbocycles. The van der Waals surface area contributed by atoms with Crippen molar-refractivity contribution in [1.82, 2.24) is 0 Å². The molecular formula is C3H8O3S. The summed E-state index contributed by atoms with van der Waals surface area (Å²) in [4.78, 5) is 0. The van der Waals surface area contributed by atoms with E-state index in [1.54, 1.807) is 0 Å². The highest BCUT2D eigenvalue weighted by atomic mass is 32.2. The molecule has 0 aliphatic rings. The van der Waals surface area contributed by atoms with Crippen LogP contribution in [0.4, 0.5) is 0 Å². The second-order valence-electron chi connectivity index (χ2n) is 1.61. The molecule has 0 atom stereocenters. The highest BCUT2D eigenvalue weighted by Gasteiger charge is 2.10. The van der Waals surface area contributed by atoms with Crippen LogP contribution < -0.4 is 0 Å². The Morgan fingerprint density at radius 3 is 2.14 bits per heavy atom. The SMILES string of the molecule is CC(C)(O)O[SH]=O. The Hall–Kier alpha value is 0.0700. The third kappa shape index (κ3) is 6.07. The first-order chi connectivity index (χ1) is 3.06. The van der Waals surface area contributed by atoms with Gasteiger partial charge >= 0.3 is 0 Å². The minimum atomic E-state index is -1.27. The Labute approximate surface area is 46.0 Å². The Bertz CT molecular complexity index is 65.1. The van der Waals surface area contributed by atoms with Crippen molar-refractivity contribution in [2.45, 2.75) is 19.6 Å². The van der Waals surface area contributed by atoms with Gasteiger partial charge in [0, 0.05) is 0 Å². The molecule has 0 fully saturated rings. The van der Waals surface area contributed by atoms with Gasteiger partial charge in [0.15, 0.2) is 5.79 Å². The fourth-order valence-corrected chi connectivity index (χ4v) is 0.274. The zero-order valence-corrected chi connectivity index (χ0v) is 5.11. The summed E-state index contributed by atoms with van der Waals surface area (Å²) >= 11 is -0.491.